The van der Waals surface area contributed by atoms with Gasteiger partial charge in [0.1, 0.15) is 0 Å². The fraction of sp³-hybridized carbons (Fsp3) is 0.810. The van der Waals surface area contributed by atoms with Crippen LogP contribution in [0.5, 0.6) is 0 Å². The number of aromatic nitrogens is 2. The zero-order valence-corrected chi connectivity index (χ0v) is 16.6. The molecule has 0 aromatic carbocycles. The highest BCUT2D eigenvalue weighted by Gasteiger charge is 2.20. The summed E-state index contributed by atoms with van der Waals surface area (Å²) in [4.78, 5) is 11.6. The van der Waals surface area contributed by atoms with E-state index in [9.17, 15) is 9.90 Å². The maximum atomic E-state index is 11.6. The number of unbranched alkanes of at least 4 members (excludes halogenated alkanes) is 6. The van der Waals surface area contributed by atoms with Gasteiger partial charge in [-0.05, 0) is 31.7 Å². The number of carbonyl (C=O) groups is 1. The quantitative estimate of drug-likeness (QED) is 0.417. The molecule has 4 nitrogen and oxygen atoms in total. The molecule has 1 atom stereocenters. The van der Waals surface area contributed by atoms with Gasteiger partial charge in [-0.15, -0.1) is 0 Å². The van der Waals surface area contributed by atoms with Crippen LogP contribution in [-0.4, -0.2) is 20.9 Å². The van der Waals surface area contributed by atoms with E-state index in [1.807, 2.05) is 0 Å². The van der Waals surface area contributed by atoms with E-state index in [0.29, 0.717) is 6.42 Å². The first-order chi connectivity index (χ1) is 12.1. The number of rotatable bonds is 15. The van der Waals surface area contributed by atoms with E-state index in [1.165, 1.54) is 37.8 Å². The lowest BCUT2D eigenvalue weighted by Gasteiger charge is -2.10. The molecule has 0 aliphatic heterocycles. The average Bonchev–Trinajstić information content (AvgIpc) is 2.96. The normalized spacial score (nSPS) is 12.4. The first-order valence-electron chi connectivity index (χ1n) is 10.4. The standard InChI is InChI=1S/C21H38N2O2/c1-4-7-10-13-18(21(24)25)16-19-17-20(14-11-8-5-2)23(22-19)15-12-9-6-3/h17-18H,4-16H2,1-3H3,(H,24,25). The number of aliphatic carboxylic acids is 1. The van der Waals surface area contributed by atoms with Crippen molar-refractivity contribution in [1.82, 2.24) is 9.78 Å². The zero-order valence-electron chi connectivity index (χ0n) is 16.6. The average molecular weight is 351 g/mol. The molecular formula is C21H38N2O2. The molecular weight excluding hydrogens is 312 g/mol. The van der Waals surface area contributed by atoms with Gasteiger partial charge in [-0.25, -0.2) is 0 Å². The SMILES string of the molecule is CCCCCc1cc(CC(CCCCC)C(=O)O)nn1CCCCC. The van der Waals surface area contributed by atoms with E-state index >= 15 is 0 Å². The molecule has 1 rings (SSSR count). The van der Waals surface area contributed by atoms with Gasteiger partial charge in [-0.3, -0.25) is 9.48 Å². The minimum absolute atomic E-state index is 0.297. The zero-order chi connectivity index (χ0) is 18.5. The summed E-state index contributed by atoms with van der Waals surface area (Å²) in [6.07, 6.45) is 12.8. The summed E-state index contributed by atoms with van der Waals surface area (Å²) in [7, 11) is 0. The molecule has 144 valence electrons. The largest absolute Gasteiger partial charge is 0.481 e. The van der Waals surface area contributed by atoms with E-state index in [4.69, 9.17) is 5.10 Å². The monoisotopic (exact) mass is 350 g/mol. The molecule has 0 fully saturated rings. The summed E-state index contributed by atoms with van der Waals surface area (Å²) >= 11 is 0. The van der Waals surface area contributed by atoms with E-state index < -0.39 is 5.97 Å². The lowest BCUT2D eigenvalue weighted by atomic mass is 9.96. The van der Waals surface area contributed by atoms with Crippen molar-refractivity contribution in [2.24, 2.45) is 5.92 Å². The van der Waals surface area contributed by atoms with Gasteiger partial charge in [0.25, 0.3) is 0 Å². The molecule has 1 aromatic heterocycles. The summed E-state index contributed by atoms with van der Waals surface area (Å²) in [5, 5.41) is 14.3. The summed E-state index contributed by atoms with van der Waals surface area (Å²) < 4.78 is 2.14. The molecule has 0 aliphatic carbocycles. The Labute approximate surface area is 154 Å². The number of nitrogens with zero attached hydrogens (tertiary/aromatic N) is 2. The fourth-order valence-electron chi connectivity index (χ4n) is 3.28. The van der Waals surface area contributed by atoms with Gasteiger partial charge in [0.15, 0.2) is 0 Å². The number of aryl methyl sites for hydroxylation is 2. The van der Waals surface area contributed by atoms with Crippen molar-refractivity contribution >= 4 is 5.97 Å². The molecule has 4 heteroatoms. The Morgan fingerprint density at radius 3 is 2.32 bits per heavy atom. The molecule has 0 bridgehead atoms. The van der Waals surface area contributed by atoms with Crippen LogP contribution in [0, 0.1) is 5.92 Å². The number of hydrogen-bond acceptors (Lipinski definition) is 2. The van der Waals surface area contributed by atoms with Gasteiger partial charge < -0.3 is 5.11 Å². The van der Waals surface area contributed by atoms with Crippen LogP contribution in [0.2, 0.25) is 0 Å². The van der Waals surface area contributed by atoms with Crippen molar-refractivity contribution in [3.05, 3.63) is 17.5 Å². The number of hydrogen-bond donors (Lipinski definition) is 1. The maximum Gasteiger partial charge on any atom is 0.306 e. The maximum absolute atomic E-state index is 11.6. The molecule has 25 heavy (non-hydrogen) atoms. The van der Waals surface area contributed by atoms with E-state index in [2.05, 4.69) is 31.5 Å². The predicted octanol–water partition coefficient (Wildman–Crippen LogP) is 5.63. The van der Waals surface area contributed by atoms with E-state index in [1.54, 1.807) is 0 Å². The van der Waals surface area contributed by atoms with Crippen molar-refractivity contribution in [3.8, 4) is 0 Å². The lowest BCUT2D eigenvalue weighted by molar-refractivity contribution is -0.142. The highest BCUT2D eigenvalue weighted by atomic mass is 16.4. The molecule has 1 N–H and O–H groups in total. The van der Waals surface area contributed by atoms with Crippen molar-refractivity contribution in [3.63, 3.8) is 0 Å². The van der Waals surface area contributed by atoms with Crippen molar-refractivity contribution in [2.75, 3.05) is 0 Å². The molecule has 0 radical (unpaired) electrons. The van der Waals surface area contributed by atoms with Crippen LogP contribution in [0.1, 0.15) is 96.4 Å². The number of carboxylic acid groups (broad SMARTS) is 1. The molecule has 0 aliphatic rings. The minimum Gasteiger partial charge on any atom is -0.481 e. The van der Waals surface area contributed by atoms with Gasteiger partial charge in [-0.2, -0.15) is 5.10 Å². The second-order valence-corrected chi connectivity index (χ2v) is 7.25. The van der Waals surface area contributed by atoms with E-state index in [-0.39, 0.29) is 5.92 Å². The van der Waals surface area contributed by atoms with Gasteiger partial charge in [0.2, 0.25) is 0 Å². The van der Waals surface area contributed by atoms with Crippen LogP contribution >= 0.6 is 0 Å². The third kappa shape index (κ3) is 8.55. The molecule has 1 heterocycles. The van der Waals surface area contributed by atoms with E-state index in [0.717, 1.165) is 50.8 Å². The first-order valence-corrected chi connectivity index (χ1v) is 10.4. The van der Waals surface area contributed by atoms with Crippen LogP contribution in [0.3, 0.4) is 0 Å². The molecule has 1 unspecified atom stereocenters. The molecule has 1 aromatic rings. The third-order valence-corrected chi connectivity index (χ3v) is 4.88. The van der Waals surface area contributed by atoms with Crippen LogP contribution < -0.4 is 0 Å². The Morgan fingerprint density at radius 2 is 1.68 bits per heavy atom. The van der Waals surface area contributed by atoms with Crippen molar-refractivity contribution in [1.29, 1.82) is 0 Å². The smallest absolute Gasteiger partial charge is 0.306 e. The fourth-order valence-corrected chi connectivity index (χ4v) is 3.28. The van der Waals surface area contributed by atoms with Crippen molar-refractivity contribution in [2.45, 2.75) is 104 Å². The highest BCUT2D eigenvalue weighted by molar-refractivity contribution is 5.70. The minimum atomic E-state index is -0.677. The Hall–Kier alpha value is -1.32. The second-order valence-electron chi connectivity index (χ2n) is 7.25. The van der Waals surface area contributed by atoms with Gasteiger partial charge in [-0.1, -0.05) is 65.7 Å². The Morgan fingerprint density at radius 1 is 1.04 bits per heavy atom. The molecule has 0 saturated carbocycles. The Balaban J connectivity index is 2.74. The summed E-state index contributed by atoms with van der Waals surface area (Å²) in [5.74, 6) is -0.974. The van der Waals surface area contributed by atoms with Crippen molar-refractivity contribution < 1.29 is 9.90 Å². The van der Waals surface area contributed by atoms with Crippen LogP contribution in [0.15, 0.2) is 6.07 Å². The summed E-state index contributed by atoms with van der Waals surface area (Å²) in [6.45, 7) is 7.54. The molecule has 0 amide bonds. The highest BCUT2D eigenvalue weighted by Crippen LogP contribution is 2.18. The summed E-state index contributed by atoms with van der Waals surface area (Å²) in [5.41, 5.74) is 2.25. The van der Waals surface area contributed by atoms with Gasteiger partial charge in [0, 0.05) is 18.7 Å². The second kappa shape index (κ2) is 13.0. The van der Waals surface area contributed by atoms with Gasteiger partial charge >= 0.3 is 5.97 Å². The Kier molecular flexibility index (Phi) is 11.3. The topological polar surface area (TPSA) is 55.1 Å². The number of carboxylic acids is 1. The predicted molar refractivity (Wildman–Crippen MR) is 104 cm³/mol. The van der Waals surface area contributed by atoms with Crippen LogP contribution in [0.4, 0.5) is 0 Å². The molecule has 0 spiro atoms. The van der Waals surface area contributed by atoms with Gasteiger partial charge in [0.05, 0.1) is 11.6 Å². The Bertz CT molecular complexity index is 455. The molecule has 0 saturated heterocycles. The van der Waals surface area contributed by atoms with Crippen LogP contribution in [-0.2, 0) is 24.2 Å². The van der Waals surface area contributed by atoms with Crippen LogP contribution in [0.25, 0.3) is 0 Å². The first kappa shape index (κ1) is 21.7. The lowest BCUT2D eigenvalue weighted by Crippen LogP contribution is -2.17. The third-order valence-electron chi connectivity index (χ3n) is 4.88. The summed E-state index contributed by atoms with van der Waals surface area (Å²) in [6, 6.07) is 2.16.